The van der Waals surface area contributed by atoms with Crippen LogP contribution in [0.4, 0.5) is 0 Å². The number of nitrogens with one attached hydrogen (secondary N) is 1. The number of nitrogens with zero attached hydrogens (tertiary/aromatic N) is 2. The summed E-state index contributed by atoms with van der Waals surface area (Å²) in [5.74, 6) is 0.224. The van der Waals surface area contributed by atoms with E-state index in [2.05, 4.69) is 34.6 Å². The number of sulfonamides is 1. The van der Waals surface area contributed by atoms with Crippen LogP contribution in [-0.4, -0.2) is 42.9 Å². The van der Waals surface area contributed by atoms with Crippen LogP contribution in [0.15, 0.2) is 78.0 Å². The van der Waals surface area contributed by atoms with Crippen LogP contribution in [-0.2, 0) is 10.0 Å². The van der Waals surface area contributed by atoms with Gasteiger partial charge in [0.25, 0.3) is 0 Å². The van der Waals surface area contributed by atoms with E-state index in [1.54, 1.807) is 28.8 Å². The van der Waals surface area contributed by atoms with Crippen molar-refractivity contribution < 1.29 is 8.42 Å². The van der Waals surface area contributed by atoms with Crippen LogP contribution >= 0.6 is 0 Å². The summed E-state index contributed by atoms with van der Waals surface area (Å²) in [6.45, 7) is 3.28. The van der Waals surface area contributed by atoms with Gasteiger partial charge in [0, 0.05) is 43.5 Å². The van der Waals surface area contributed by atoms with Crippen LogP contribution in [0.25, 0.3) is 11.1 Å². The second-order valence-corrected chi connectivity index (χ2v) is 9.67. The molecular weight excluding hydrogens is 382 g/mol. The maximum absolute atomic E-state index is 13.3. The first-order valence-corrected chi connectivity index (χ1v) is 11.3. The molecule has 5 rings (SSSR count). The van der Waals surface area contributed by atoms with E-state index >= 15 is 0 Å². The number of aryl methyl sites for hydroxylation is 1. The maximum atomic E-state index is 13.3. The monoisotopic (exact) mass is 405 g/mol. The lowest BCUT2D eigenvalue weighted by Gasteiger charge is -2.57. The molecule has 2 saturated heterocycles. The van der Waals surface area contributed by atoms with Gasteiger partial charge in [0.05, 0.1) is 4.90 Å². The van der Waals surface area contributed by atoms with E-state index in [9.17, 15) is 8.42 Å². The fourth-order valence-electron chi connectivity index (χ4n) is 4.67. The summed E-state index contributed by atoms with van der Waals surface area (Å²) in [6.07, 6.45) is 3.58. The van der Waals surface area contributed by atoms with Gasteiger partial charge in [0.1, 0.15) is 0 Å². The minimum atomic E-state index is -3.49. The molecule has 2 fully saturated rings. The van der Waals surface area contributed by atoms with Crippen molar-refractivity contribution in [1.82, 2.24) is 14.6 Å². The normalized spacial score (nSPS) is 24.1. The summed E-state index contributed by atoms with van der Waals surface area (Å²) < 4.78 is 28.3. The Kier molecular flexibility index (Phi) is 4.50. The van der Waals surface area contributed by atoms with Crippen LogP contribution < -0.4 is 5.32 Å². The third-order valence-electron chi connectivity index (χ3n) is 6.06. The molecular formula is C23H23N3O2S. The lowest BCUT2D eigenvalue weighted by atomic mass is 9.74. The van der Waals surface area contributed by atoms with Gasteiger partial charge in [-0.1, -0.05) is 36.4 Å². The number of benzene rings is 2. The minimum Gasteiger partial charge on any atom is -0.313 e. The van der Waals surface area contributed by atoms with Gasteiger partial charge in [-0.15, -0.1) is 0 Å². The Labute approximate surface area is 171 Å². The smallest absolute Gasteiger partial charge is 0.243 e. The third kappa shape index (κ3) is 3.08. The topological polar surface area (TPSA) is 62.3 Å². The molecule has 0 radical (unpaired) electrons. The largest absolute Gasteiger partial charge is 0.313 e. The maximum Gasteiger partial charge on any atom is 0.243 e. The Morgan fingerprint density at radius 2 is 1.59 bits per heavy atom. The van der Waals surface area contributed by atoms with Crippen LogP contribution in [0.2, 0.25) is 0 Å². The van der Waals surface area contributed by atoms with Gasteiger partial charge in [-0.05, 0) is 53.4 Å². The van der Waals surface area contributed by atoms with Gasteiger partial charge >= 0.3 is 0 Å². The average molecular weight is 406 g/mol. The number of aromatic nitrogens is 1. The van der Waals surface area contributed by atoms with Crippen molar-refractivity contribution in [2.75, 3.05) is 13.1 Å². The van der Waals surface area contributed by atoms with Gasteiger partial charge in [-0.2, -0.15) is 4.31 Å². The van der Waals surface area contributed by atoms with E-state index in [4.69, 9.17) is 0 Å². The molecule has 2 aliphatic rings. The van der Waals surface area contributed by atoms with Crippen molar-refractivity contribution >= 4 is 10.0 Å². The molecule has 3 heterocycles. The highest BCUT2D eigenvalue weighted by atomic mass is 32.2. The molecule has 3 aromatic rings. The molecule has 1 unspecified atom stereocenters. The van der Waals surface area contributed by atoms with E-state index in [0.717, 1.165) is 16.7 Å². The second kappa shape index (κ2) is 7.06. The van der Waals surface area contributed by atoms with Gasteiger partial charge in [-0.3, -0.25) is 4.98 Å². The Balaban J connectivity index is 1.43. The van der Waals surface area contributed by atoms with Crippen molar-refractivity contribution in [2.45, 2.75) is 29.8 Å². The Morgan fingerprint density at radius 1 is 0.931 bits per heavy atom. The highest BCUT2D eigenvalue weighted by molar-refractivity contribution is 7.89. The van der Waals surface area contributed by atoms with Crippen LogP contribution in [0.3, 0.4) is 0 Å². The number of piperidine rings is 1. The van der Waals surface area contributed by atoms with Crippen LogP contribution in [0.5, 0.6) is 0 Å². The van der Waals surface area contributed by atoms with Crippen molar-refractivity contribution in [3.05, 3.63) is 84.2 Å². The molecule has 2 aliphatic heterocycles. The summed E-state index contributed by atoms with van der Waals surface area (Å²) in [6, 6.07) is 19.6. The predicted octanol–water partition coefficient (Wildman–Crippen LogP) is 3.19. The molecule has 0 aliphatic carbocycles. The number of hydrogen-bond acceptors (Lipinski definition) is 4. The molecule has 29 heavy (non-hydrogen) atoms. The zero-order chi connectivity index (χ0) is 20.0. The standard InChI is InChI=1S/C23H23N3O2S/c1-16-3-2-4-20(13-16)29(27,28)26-21-14-25-15-22(26)23(21)19-7-5-17(6-8-19)18-9-11-24-12-10-18/h2-13,21-23,25H,14-15H2,1H3/t21-,22+,23?. The van der Waals surface area contributed by atoms with Crippen molar-refractivity contribution in [2.24, 2.45) is 0 Å². The zero-order valence-corrected chi connectivity index (χ0v) is 17.0. The SMILES string of the molecule is Cc1cccc(S(=O)(=O)N2[C@@H]3CNC[C@H]2C3c2ccc(-c3ccncc3)cc2)c1. The van der Waals surface area contributed by atoms with Gasteiger partial charge in [0.15, 0.2) is 0 Å². The molecule has 2 bridgehead atoms. The average Bonchev–Trinajstić information content (AvgIpc) is 2.75. The number of rotatable bonds is 4. The molecule has 1 aromatic heterocycles. The summed E-state index contributed by atoms with van der Waals surface area (Å²) in [7, 11) is -3.49. The molecule has 0 spiro atoms. The molecule has 0 amide bonds. The fraction of sp³-hybridized carbons (Fsp3) is 0.261. The minimum absolute atomic E-state index is 0.0500. The highest BCUT2D eigenvalue weighted by Gasteiger charge is 2.56. The predicted molar refractivity (Wildman–Crippen MR) is 113 cm³/mol. The molecule has 0 saturated carbocycles. The first-order chi connectivity index (χ1) is 14.1. The van der Waals surface area contributed by atoms with E-state index in [0.29, 0.717) is 18.0 Å². The van der Waals surface area contributed by atoms with E-state index in [1.165, 1.54) is 5.56 Å². The lowest BCUT2D eigenvalue weighted by molar-refractivity contribution is 0.0370. The van der Waals surface area contributed by atoms with E-state index < -0.39 is 10.0 Å². The Hall–Kier alpha value is -2.54. The number of pyridine rings is 1. The van der Waals surface area contributed by atoms with Crippen molar-refractivity contribution in [1.29, 1.82) is 0 Å². The van der Waals surface area contributed by atoms with E-state index in [-0.39, 0.29) is 18.0 Å². The molecule has 3 atom stereocenters. The fourth-order valence-corrected chi connectivity index (χ4v) is 6.62. The number of piperazine rings is 1. The first-order valence-electron chi connectivity index (χ1n) is 9.87. The lowest BCUT2D eigenvalue weighted by Crippen LogP contribution is -2.73. The summed E-state index contributed by atoms with van der Waals surface area (Å²) in [5, 5.41) is 3.37. The van der Waals surface area contributed by atoms with Crippen LogP contribution in [0, 0.1) is 6.92 Å². The summed E-state index contributed by atoms with van der Waals surface area (Å²) >= 11 is 0. The molecule has 1 N–H and O–H groups in total. The second-order valence-electron chi connectivity index (χ2n) is 7.83. The van der Waals surface area contributed by atoms with Crippen molar-refractivity contribution in [3.8, 4) is 11.1 Å². The molecule has 148 valence electrons. The summed E-state index contributed by atoms with van der Waals surface area (Å²) in [4.78, 5) is 4.46. The zero-order valence-electron chi connectivity index (χ0n) is 16.2. The van der Waals surface area contributed by atoms with E-state index in [1.807, 2.05) is 31.2 Å². The highest BCUT2D eigenvalue weighted by Crippen LogP contribution is 2.46. The quantitative estimate of drug-likeness (QED) is 0.724. The third-order valence-corrected chi connectivity index (χ3v) is 8.01. The number of hydrogen-bond donors (Lipinski definition) is 1. The van der Waals surface area contributed by atoms with Crippen LogP contribution in [0.1, 0.15) is 17.0 Å². The molecule has 6 heteroatoms. The van der Waals surface area contributed by atoms with Gasteiger partial charge < -0.3 is 5.32 Å². The summed E-state index contributed by atoms with van der Waals surface area (Å²) in [5.41, 5.74) is 4.43. The Morgan fingerprint density at radius 3 is 2.24 bits per heavy atom. The molecule has 5 nitrogen and oxygen atoms in total. The van der Waals surface area contributed by atoms with Gasteiger partial charge in [-0.25, -0.2) is 8.42 Å². The Bertz CT molecular complexity index is 1120. The number of fused-ring (bicyclic) bond motifs is 2. The first kappa shape index (κ1) is 18.5. The van der Waals surface area contributed by atoms with Crippen molar-refractivity contribution in [3.63, 3.8) is 0 Å². The van der Waals surface area contributed by atoms with Gasteiger partial charge in [0.2, 0.25) is 10.0 Å². The molecule has 2 aromatic carbocycles.